The average Bonchev–Trinajstić information content (AvgIpc) is 3.51. The number of nitrogens with one attached hydrogen (secondary N) is 1. The molecule has 1 fully saturated rings. The van der Waals surface area contributed by atoms with Gasteiger partial charge in [-0.25, -0.2) is 0 Å². The van der Waals surface area contributed by atoms with Gasteiger partial charge in [0.1, 0.15) is 5.75 Å². The summed E-state index contributed by atoms with van der Waals surface area (Å²) in [5.41, 5.74) is 1.83. The molecule has 0 saturated heterocycles. The Kier molecular flexibility index (Phi) is 5.46. The lowest BCUT2D eigenvalue weighted by molar-refractivity contribution is -0.116. The van der Waals surface area contributed by atoms with Crippen LogP contribution >= 0.6 is 0 Å². The van der Waals surface area contributed by atoms with Crippen molar-refractivity contribution in [3.8, 4) is 5.75 Å². The minimum Gasteiger partial charge on any atom is -0.497 e. The van der Waals surface area contributed by atoms with Crippen LogP contribution in [-0.2, 0) is 4.79 Å². The molecule has 134 valence electrons. The SMILES string of the molecule is COc1cccc(C(=O)CCC(=O)Nc2ccc(C(=O)C3CC3)cc2)c1. The Hall–Kier alpha value is -2.95. The molecule has 1 saturated carbocycles. The zero-order valence-electron chi connectivity index (χ0n) is 14.7. The second-order valence-electron chi connectivity index (χ2n) is 6.42. The van der Waals surface area contributed by atoms with Gasteiger partial charge >= 0.3 is 0 Å². The number of amides is 1. The third-order valence-electron chi connectivity index (χ3n) is 4.37. The molecule has 5 nitrogen and oxygen atoms in total. The van der Waals surface area contributed by atoms with Crippen molar-refractivity contribution in [2.24, 2.45) is 5.92 Å². The minimum atomic E-state index is -0.234. The molecule has 0 radical (unpaired) electrons. The smallest absolute Gasteiger partial charge is 0.224 e. The maximum absolute atomic E-state index is 12.2. The van der Waals surface area contributed by atoms with Crippen molar-refractivity contribution in [2.45, 2.75) is 25.7 Å². The fourth-order valence-electron chi connectivity index (χ4n) is 2.69. The van der Waals surface area contributed by atoms with Gasteiger partial charge in [-0.3, -0.25) is 14.4 Å². The summed E-state index contributed by atoms with van der Waals surface area (Å²) in [6, 6.07) is 13.8. The Morgan fingerprint density at radius 3 is 2.38 bits per heavy atom. The van der Waals surface area contributed by atoms with Crippen LogP contribution in [0.3, 0.4) is 0 Å². The molecule has 2 aromatic rings. The van der Waals surface area contributed by atoms with Crippen LogP contribution in [0, 0.1) is 5.92 Å². The Balaban J connectivity index is 1.50. The molecule has 1 N–H and O–H groups in total. The number of Topliss-reactive ketones (excluding diaryl/α,β-unsaturated/α-hetero) is 2. The lowest BCUT2D eigenvalue weighted by Gasteiger charge is -2.07. The van der Waals surface area contributed by atoms with Crippen molar-refractivity contribution < 1.29 is 19.1 Å². The van der Waals surface area contributed by atoms with E-state index in [1.165, 1.54) is 0 Å². The van der Waals surface area contributed by atoms with Gasteiger partial charge in [-0.2, -0.15) is 0 Å². The van der Waals surface area contributed by atoms with Gasteiger partial charge in [0.05, 0.1) is 7.11 Å². The van der Waals surface area contributed by atoms with Crippen LogP contribution in [-0.4, -0.2) is 24.6 Å². The Bertz CT molecular complexity index is 822. The lowest BCUT2D eigenvalue weighted by Crippen LogP contribution is -2.13. The molecular weight excluding hydrogens is 330 g/mol. The summed E-state index contributed by atoms with van der Waals surface area (Å²) < 4.78 is 5.10. The van der Waals surface area contributed by atoms with Crippen molar-refractivity contribution >= 4 is 23.2 Å². The zero-order chi connectivity index (χ0) is 18.5. The van der Waals surface area contributed by atoms with Crippen molar-refractivity contribution in [3.05, 3.63) is 59.7 Å². The lowest BCUT2D eigenvalue weighted by atomic mass is 10.1. The molecule has 0 aliphatic heterocycles. The first kappa shape index (κ1) is 17.9. The van der Waals surface area contributed by atoms with Gasteiger partial charge in [0.25, 0.3) is 0 Å². The van der Waals surface area contributed by atoms with E-state index in [1.54, 1.807) is 55.6 Å². The van der Waals surface area contributed by atoms with E-state index in [2.05, 4.69) is 5.32 Å². The largest absolute Gasteiger partial charge is 0.497 e. The van der Waals surface area contributed by atoms with Gasteiger partial charge in [-0.15, -0.1) is 0 Å². The maximum atomic E-state index is 12.2. The number of hydrogen-bond acceptors (Lipinski definition) is 4. The molecule has 5 heteroatoms. The summed E-state index contributed by atoms with van der Waals surface area (Å²) in [4.78, 5) is 36.2. The second-order valence-corrected chi connectivity index (χ2v) is 6.42. The Morgan fingerprint density at radius 2 is 1.73 bits per heavy atom. The first-order valence-electron chi connectivity index (χ1n) is 8.68. The van der Waals surface area contributed by atoms with Gasteiger partial charge in [0.15, 0.2) is 11.6 Å². The topological polar surface area (TPSA) is 72.5 Å². The molecule has 0 heterocycles. The van der Waals surface area contributed by atoms with E-state index in [0.29, 0.717) is 22.6 Å². The average molecular weight is 351 g/mol. The van der Waals surface area contributed by atoms with Crippen LogP contribution in [0.4, 0.5) is 5.69 Å². The van der Waals surface area contributed by atoms with Gasteiger partial charge in [-0.1, -0.05) is 12.1 Å². The summed E-state index contributed by atoms with van der Waals surface area (Å²) in [7, 11) is 1.54. The van der Waals surface area contributed by atoms with E-state index in [-0.39, 0.29) is 36.2 Å². The number of ether oxygens (including phenoxy) is 1. The van der Waals surface area contributed by atoms with Gasteiger partial charge in [-0.05, 0) is 49.2 Å². The number of carbonyl (C=O) groups is 3. The number of benzene rings is 2. The van der Waals surface area contributed by atoms with Crippen molar-refractivity contribution in [1.29, 1.82) is 0 Å². The van der Waals surface area contributed by atoms with Crippen LogP contribution < -0.4 is 10.1 Å². The number of carbonyl (C=O) groups excluding carboxylic acids is 3. The normalized spacial score (nSPS) is 13.1. The number of ketones is 2. The summed E-state index contributed by atoms with van der Waals surface area (Å²) in [6.07, 6.45) is 2.16. The van der Waals surface area contributed by atoms with Crippen LogP contribution in [0.25, 0.3) is 0 Å². The molecule has 2 aromatic carbocycles. The van der Waals surface area contributed by atoms with Gasteiger partial charge < -0.3 is 10.1 Å². The van der Waals surface area contributed by atoms with Crippen LogP contribution in [0.2, 0.25) is 0 Å². The second kappa shape index (κ2) is 7.95. The molecule has 26 heavy (non-hydrogen) atoms. The highest BCUT2D eigenvalue weighted by atomic mass is 16.5. The third kappa shape index (κ3) is 4.57. The van der Waals surface area contributed by atoms with E-state index in [9.17, 15) is 14.4 Å². The molecule has 3 rings (SSSR count). The zero-order valence-corrected chi connectivity index (χ0v) is 14.7. The summed E-state index contributed by atoms with van der Waals surface area (Å²) in [6.45, 7) is 0. The number of anilines is 1. The summed E-state index contributed by atoms with van der Waals surface area (Å²) in [5.74, 6) is 0.623. The molecule has 1 amide bonds. The first-order valence-corrected chi connectivity index (χ1v) is 8.68. The Labute approximate surface area is 152 Å². The molecular formula is C21H21NO4. The monoisotopic (exact) mass is 351 g/mol. The van der Waals surface area contributed by atoms with Crippen molar-refractivity contribution in [2.75, 3.05) is 12.4 Å². The fourth-order valence-corrected chi connectivity index (χ4v) is 2.69. The molecule has 0 unspecified atom stereocenters. The predicted molar refractivity (Wildman–Crippen MR) is 98.7 cm³/mol. The molecule has 1 aliphatic carbocycles. The van der Waals surface area contributed by atoms with Gasteiger partial charge in [0, 0.05) is 35.6 Å². The van der Waals surface area contributed by atoms with E-state index in [1.807, 2.05) is 0 Å². The molecule has 0 aromatic heterocycles. The standard InChI is InChI=1S/C21H21NO4/c1-26-18-4-2-3-16(13-18)19(23)11-12-20(24)22-17-9-7-15(8-10-17)21(25)14-5-6-14/h2-4,7-10,13-14H,5-6,11-12H2,1H3,(H,22,24). The summed E-state index contributed by atoms with van der Waals surface area (Å²) in [5, 5.41) is 2.76. The van der Waals surface area contributed by atoms with E-state index < -0.39 is 0 Å². The van der Waals surface area contributed by atoms with Crippen LogP contribution in [0.5, 0.6) is 5.75 Å². The van der Waals surface area contributed by atoms with E-state index in [4.69, 9.17) is 4.74 Å². The fraction of sp³-hybridized carbons (Fsp3) is 0.286. The molecule has 0 spiro atoms. The number of rotatable bonds is 8. The van der Waals surface area contributed by atoms with Crippen LogP contribution in [0.1, 0.15) is 46.4 Å². The number of methoxy groups -OCH3 is 1. The maximum Gasteiger partial charge on any atom is 0.224 e. The molecule has 0 atom stereocenters. The first-order chi connectivity index (χ1) is 12.6. The van der Waals surface area contributed by atoms with E-state index >= 15 is 0 Å². The van der Waals surface area contributed by atoms with E-state index in [0.717, 1.165) is 12.8 Å². The highest BCUT2D eigenvalue weighted by Gasteiger charge is 2.30. The predicted octanol–water partition coefficient (Wildman–Crippen LogP) is 3.89. The highest BCUT2D eigenvalue weighted by molar-refractivity contribution is 6.01. The molecule has 0 bridgehead atoms. The van der Waals surface area contributed by atoms with Crippen molar-refractivity contribution in [3.63, 3.8) is 0 Å². The summed E-state index contributed by atoms with van der Waals surface area (Å²) >= 11 is 0. The highest BCUT2D eigenvalue weighted by Crippen LogP contribution is 2.32. The number of hydrogen-bond donors (Lipinski definition) is 1. The third-order valence-corrected chi connectivity index (χ3v) is 4.37. The Morgan fingerprint density at radius 1 is 1.00 bits per heavy atom. The quantitative estimate of drug-likeness (QED) is 0.732. The van der Waals surface area contributed by atoms with Gasteiger partial charge in [0.2, 0.25) is 5.91 Å². The van der Waals surface area contributed by atoms with Crippen LogP contribution in [0.15, 0.2) is 48.5 Å². The molecule has 1 aliphatic rings. The minimum absolute atomic E-state index is 0.0960. The van der Waals surface area contributed by atoms with Crippen molar-refractivity contribution in [1.82, 2.24) is 0 Å².